The second kappa shape index (κ2) is 6.34. The summed E-state index contributed by atoms with van der Waals surface area (Å²) in [5.41, 5.74) is 1.55. The highest BCUT2D eigenvalue weighted by Crippen LogP contribution is 2.30. The number of benzene rings is 2. The van der Waals surface area contributed by atoms with Gasteiger partial charge < -0.3 is 10.0 Å². The molecule has 26 heavy (non-hydrogen) atoms. The highest BCUT2D eigenvalue weighted by atomic mass is 32.2. The van der Waals surface area contributed by atoms with Gasteiger partial charge in [0.25, 0.3) is 0 Å². The molecule has 0 amide bonds. The summed E-state index contributed by atoms with van der Waals surface area (Å²) in [5.74, 6) is -0.602. The molecule has 1 aliphatic heterocycles. The minimum Gasteiger partial charge on any atom is -0.391 e. The number of rotatable bonds is 3. The third kappa shape index (κ3) is 2.93. The van der Waals surface area contributed by atoms with Crippen molar-refractivity contribution in [2.24, 2.45) is 0 Å². The number of aliphatic hydroxyl groups is 1. The summed E-state index contributed by atoms with van der Waals surface area (Å²) >= 11 is 0. The Morgan fingerprint density at radius 2 is 1.92 bits per heavy atom. The zero-order chi connectivity index (χ0) is 18.3. The predicted octanol–water partition coefficient (Wildman–Crippen LogP) is 2.78. The van der Waals surface area contributed by atoms with Crippen molar-refractivity contribution >= 4 is 26.4 Å². The van der Waals surface area contributed by atoms with Crippen molar-refractivity contribution in [1.82, 2.24) is 4.98 Å². The number of aromatic nitrogens is 1. The molecule has 1 N–H and O–H groups in total. The molecule has 0 radical (unpaired) electrons. The zero-order valence-electron chi connectivity index (χ0n) is 13.8. The number of fused-ring (bicyclic) bond motifs is 1. The minimum atomic E-state index is -3.85. The van der Waals surface area contributed by atoms with Crippen molar-refractivity contribution in [3.8, 4) is 0 Å². The number of hydrogen-bond donors (Lipinski definition) is 1. The number of pyridine rings is 1. The highest BCUT2D eigenvalue weighted by molar-refractivity contribution is 7.91. The quantitative estimate of drug-likeness (QED) is 0.766. The van der Waals surface area contributed by atoms with Crippen LogP contribution in [-0.4, -0.2) is 37.7 Å². The first-order valence-corrected chi connectivity index (χ1v) is 9.76. The molecule has 7 heteroatoms. The van der Waals surface area contributed by atoms with E-state index < -0.39 is 15.7 Å². The maximum Gasteiger partial charge on any atom is 0.208 e. The molecule has 1 atom stereocenters. The van der Waals surface area contributed by atoms with E-state index in [1.807, 2.05) is 17.0 Å². The van der Waals surface area contributed by atoms with Gasteiger partial charge in [0.2, 0.25) is 9.84 Å². The molecule has 134 valence electrons. The Bertz CT molecular complexity index is 1090. The van der Waals surface area contributed by atoms with E-state index in [4.69, 9.17) is 0 Å². The van der Waals surface area contributed by atoms with Gasteiger partial charge in [-0.05, 0) is 36.8 Å². The molecule has 2 aromatic carbocycles. The van der Waals surface area contributed by atoms with Crippen LogP contribution in [0.25, 0.3) is 10.9 Å². The largest absolute Gasteiger partial charge is 0.391 e. The van der Waals surface area contributed by atoms with Gasteiger partial charge in [-0.1, -0.05) is 18.2 Å². The topological polar surface area (TPSA) is 70.5 Å². The van der Waals surface area contributed by atoms with Crippen LogP contribution >= 0.6 is 0 Å². The van der Waals surface area contributed by atoms with Gasteiger partial charge in [0.1, 0.15) is 5.82 Å². The van der Waals surface area contributed by atoms with E-state index in [2.05, 4.69) is 4.98 Å². The Kier molecular flexibility index (Phi) is 4.13. The van der Waals surface area contributed by atoms with Gasteiger partial charge in [-0.2, -0.15) is 0 Å². The Labute approximate surface area is 150 Å². The van der Waals surface area contributed by atoms with Crippen LogP contribution in [0.15, 0.2) is 64.5 Å². The van der Waals surface area contributed by atoms with Crippen molar-refractivity contribution in [2.75, 3.05) is 18.0 Å². The molecule has 0 spiro atoms. The standard InChI is InChI=1S/C19H17FN2O3S/c20-14-4-2-5-16(10-14)26(24,25)17-9-13-3-1-6-18(19(13)21-11-17)22-8-7-15(23)12-22/h1-6,9-11,15,23H,7-8,12H2. The van der Waals surface area contributed by atoms with Crippen LogP contribution in [0, 0.1) is 5.82 Å². The molecular weight excluding hydrogens is 355 g/mol. The minimum absolute atomic E-state index is 0.0224. The number of para-hydroxylation sites is 1. The van der Waals surface area contributed by atoms with Gasteiger partial charge in [0, 0.05) is 24.7 Å². The molecule has 1 unspecified atom stereocenters. The lowest BCUT2D eigenvalue weighted by molar-refractivity contribution is 0.198. The molecule has 3 aromatic rings. The Morgan fingerprint density at radius 3 is 2.65 bits per heavy atom. The van der Waals surface area contributed by atoms with Crippen molar-refractivity contribution in [2.45, 2.75) is 22.3 Å². The summed E-state index contributed by atoms with van der Waals surface area (Å²) in [4.78, 5) is 6.33. The number of nitrogens with zero attached hydrogens (tertiary/aromatic N) is 2. The van der Waals surface area contributed by atoms with E-state index in [0.29, 0.717) is 23.9 Å². The summed E-state index contributed by atoms with van der Waals surface area (Å²) in [6.45, 7) is 1.26. The maximum atomic E-state index is 13.4. The fourth-order valence-electron chi connectivity index (χ4n) is 3.26. The Morgan fingerprint density at radius 1 is 1.12 bits per heavy atom. The first-order chi connectivity index (χ1) is 12.4. The molecule has 5 nitrogen and oxygen atoms in total. The van der Waals surface area contributed by atoms with Crippen LogP contribution < -0.4 is 4.90 Å². The van der Waals surface area contributed by atoms with Gasteiger partial charge in [0.05, 0.1) is 27.1 Å². The van der Waals surface area contributed by atoms with Crippen LogP contribution in [0.2, 0.25) is 0 Å². The van der Waals surface area contributed by atoms with E-state index in [-0.39, 0.29) is 15.9 Å². The molecule has 1 aromatic heterocycles. The summed E-state index contributed by atoms with van der Waals surface area (Å²) in [6, 6.07) is 12.0. The number of β-amino-alcohol motifs (C(OH)–C–C–N with tert-alkyl or cyclic N) is 1. The number of anilines is 1. The lowest BCUT2D eigenvalue weighted by Gasteiger charge is -2.19. The number of aliphatic hydroxyl groups excluding tert-OH is 1. The van der Waals surface area contributed by atoms with Crippen LogP contribution in [0.1, 0.15) is 6.42 Å². The summed E-state index contributed by atoms with van der Waals surface area (Å²) in [5, 5.41) is 10.4. The summed E-state index contributed by atoms with van der Waals surface area (Å²) in [6.07, 6.45) is 1.64. The Hall–Kier alpha value is -2.51. The summed E-state index contributed by atoms with van der Waals surface area (Å²) < 4.78 is 38.9. The summed E-state index contributed by atoms with van der Waals surface area (Å²) in [7, 11) is -3.85. The fourth-order valence-corrected chi connectivity index (χ4v) is 4.53. The van der Waals surface area contributed by atoms with Crippen LogP contribution in [0.4, 0.5) is 10.1 Å². The average Bonchev–Trinajstić information content (AvgIpc) is 3.07. The number of halogens is 1. The van der Waals surface area contributed by atoms with Crippen LogP contribution in [-0.2, 0) is 9.84 Å². The zero-order valence-corrected chi connectivity index (χ0v) is 14.7. The second-order valence-electron chi connectivity index (χ2n) is 6.37. The van der Waals surface area contributed by atoms with Crippen LogP contribution in [0.5, 0.6) is 0 Å². The molecular formula is C19H17FN2O3S. The normalized spacial score (nSPS) is 17.8. The van der Waals surface area contributed by atoms with E-state index in [9.17, 15) is 17.9 Å². The fraction of sp³-hybridized carbons (Fsp3) is 0.211. The van der Waals surface area contributed by atoms with E-state index in [1.54, 1.807) is 12.1 Å². The lowest BCUT2D eigenvalue weighted by Crippen LogP contribution is -2.21. The Balaban J connectivity index is 1.79. The van der Waals surface area contributed by atoms with Crippen molar-refractivity contribution < 1.29 is 17.9 Å². The predicted molar refractivity (Wildman–Crippen MR) is 96.4 cm³/mol. The third-order valence-corrected chi connectivity index (χ3v) is 6.30. The smallest absolute Gasteiger partial charge is 0.208 e. The highest BCUT2D eigenvalue weighted by Gasteiger charge is 2.23. The van der Waals surface area contributed by atoms with E-state index in [1.165, 1.54) is 24.4 Å². The lowest BCUT2D eigenvalue weighted by atomic mass is 10.2. The second-order valence-corrected chi connectivity index (χ2v) is 8.32. The number of hydrogen-bond acceptors (Lipinski definition) is 5. The van der Waals surface area contributed by atoms with Crippen molar-refractivity contribution in [3.05, 3.63) is 60.5 Å². The molecule has 0 saturated carbocycles. The molecule has 2 heterocycles. The molecule has 0 aliphatic carbocycles. The van der Waals surface area contributed by atoms with Gasteiger partial charge in [-0.25, -0.2) is 12.8 Å². The molecule has 1 saturated heterocycles. The monoisotopic (exact) mass is 372 g/mol. The first-order valence-electron chi connectivity index (χ1n) is 8.27. The van der Waals surface area contributed by atoms with Gasteiger partial charge >= 0.3 is 0 Å². The average molecular weight is 372 g/mol. The first kappa shape index (κ1) is 16.9. The van der Waals surface area contributed by atoms with Crippen molar-refractivity contribution in [1.29, 1.82) is 0 Å². The van der Waals surface area contributed by atoms with Crippen LogP contribution in [0.3, 0.4) is 0 Å². The SMILES string of the molecule is O=S(=O)(c1cccc(F)c1)c1cnc2c(N3CCC(O)C3)cccc2c1. The maximum absolute atomic E-state index is 13.4. The van der Waals surface area contributed by atoms with Gasteiger partial charge in [-0.15, -0.1) is 0 Å². The van der Waals surface area contributed by atoms with Crippen molar-refractivity contribution in [3.63, 3.8) is 0 Å². The number of sulfone groups is 1. The molecule has 1 fully saturated rings. The third-order valence-electron chi connectivity index (χ3n) is 4.59. The molecule has 4 rings (SSSR count). The van der Waals surface area contributed by atoms with E-state index in [0.717, 1.165) is 18.3 Å². The molecule has 1 aliphatic rings. The van der Waals surface area contributed by atoms with E-state index >= 15 is 0 Å². The van der Waals surface area contributed by atoms with Gasteiger partial charge in [0.15, 0.2) is 0 Å². The van der Waals surface area contributed by atoms with Gasteiger partial charge in [-0.3, -0.25) is 4.98 Å². The molecule has 0 bridgehead atoms.